The summed E-state index contributed by atoms with van der Waals surface area (Å²) in [4.78, 5) is 11.7. The van der Waals surface area contributed by atoms with E-state index in [1.807, 2.05) is 26.0 Å². The predicted molar refractivity (Wildman–Crippen MR) is 64.4 cm³/mol. The van der Waals surface area contributed by atoms with Crippen molar-refractivity contribution in [3.63, 3.8) is 0 Å². The Labute approximate surface area is 95.8 Å². The van der Waals surface area contributed by atoms with Gasteiger partial charge in [-0.2, -0.15) is 0 Å². The fraction of sp³-hybridized carbons (Fsp3) is 0.417. The Bertz CT molecular complexity index is 364. The molecule has 1 aromatic rings. The summed E-state index contributed by atoms with van der Waals surface area (Å²) in [7, 11) is 1.56. The minimum absolute atomic E-state index is 0.106. The van der Waals surface area contributed by atoms with Gasteiger partial charge < -0.3 is 15.8 Å². The van der Waals surface area contributed by atoms with Gasteiger partial charge in [0.15, 0.2) is 0 Å². The van der Waals surface area contributed by atoms with Crippen molar-refractivity contribution in [3.05, 3.63) is 24.3 Å². The molecule has 0 heterocycles. The van der Waals surface area contributed by atoms with Crippen LogP contribution in [0.4, 0.5) is 5.69 Å². The average Bonchev–Trinajstić information content (AvgIpc) is 2.28. The van der Waals surface area contributed by atoms with Crippen molar-refractivity contribution >= 4 is 11.6 Å². The van der Waals surface area contributed by atoms with Gasteiger partial charge in [-0.05, 0) is 18.1 Å². The second-order valence-electron chi connectivity index (χ2n) is 3.96. The molecule has 4 nitrogen and oxygen atoms in total. The Morgan fingerprint density at radius 2 is 2.00 bits per heavy atom. The first-order valence-electron chi connectivity index (χ1n) is 5.25. The van der Waals surface area contributed by atoms with E-state index >= 15 is 0 Å². The van der Waals surface area contributed by atoms with Gasteiger partial charge in [0.2, 0.25) is 5.91 Å². The number of benzene rings is 1. The van der Waals surface area contributed by atoms with Crippen molar-refractivity contribution in [2.24, 2.45) is 11.7 Å². The molecule has 4 heteroatoms. The second-order valence-corrected chi connectivity index (χ2v) is 3.96. The second kappa shape index (κ2) is 5.51. The number of hydrogen-bond acceptors (Lipinski definition) is 3. The van der Waals surface area contributed by atoms with Crippen LogP contribution < -0.4 is 15.8 Å². The molecular formula is C12H18N2O2. The van der Waals surface area contributed by atoms with E-state index in [4.69, 9.17) is 10.5 Å². The van der Waals surface area contributed by atoms with Crippen molar-refractivity contribution in [1.82, 2.24) is 0 Å². The van der Waals surface area contributed by atoms with Crippen molar-refractivity contribution < 1.29 is 9.53 Å². The molecule has 0 bridgehead atoms. The van der Waals surface area contributed by atoms with Crippen molar-refractivity contribution in [3.8, 4) is 5.75 Å². The van der Waals surface area contributed by atoms with Gasteiger partial charge in [-0.3, -0.25) is 4.79 Å². The van der Waals surface area contributed by atoms with Crippen LogP contribution in [0.2, 0.25) is 0 Å². The maximum atomic E-state index is 11.7. The van der Waals surface area contributed by atoms with Crippen molar-refractivity contribution in [1.29, 1.82) is 0 Å². The minimum atomic E-state index is -0.509. The van der Waals surface area contributed by atoms with Gasteiger partial charge in [-0.1, -0.05) is 26.0 Å². The molecule has 0 unspecified atom stereocenters. The lowest BCUT2D eigenvalue weighted by Crippen LogP contribution is -2.39. The summed E-state index contributed by atoms with van der Waals surface area (Å²) in [6.45, 7) is 3.82. The van der Waals surface area contributed by atoms with Crippen LogP contribution in [0.15, 0.2) is 24.3 Å². The van der Waals surface area contributed by atoms with Gasteiger partial charge in [0, 0.05) is 0 Å². The van der Waals surface area contributed by atoms with E-state index in [1.54, 1.807) is 19.2 Å². The van der Waals surface area contributed by atoms with Gasteiger partial charge in [0.05, 0.1) is 18.8 Å². The summed E-state index contributed by atoms with van der Waals surface area (Å²) in [5.74, 6) is 0.543. The third kappa shape index (κ3) is 2.97. The molecule has 0 spiro atoms. The molecular weight excluding hydrogens is 204 g/mol. The van der Waals surface area contributed by atoms with Gasteiger partial charge in [0.1, 0.15) is 5.75 Å². The van der Waals surface area contributed by atoms with Crippen LogP contribution in [0, 0.1) is 5.92 Å². The van der Waals surface area contributed by atoms with E-state index < -0.39 is 6.04 Å². The molecule has 0 aliphatic heterocycles. The topological polar surface area (TPSA) is 64.3 Å². The standard InChI is InChI=1S/C12H18N2O2/c1-8(2)11(13)12(15)14-9-6-4-5-7-10(9)16-3/h4-8,11H,13H2,1-3H3,(H,14,15)/t11-/m1/s1. The van der Waals surface area contributed by atoms with E-state index in [2.05, 4.69) is 5.32 Å². The van der Waals surface area contributed by atoms with E-state index in [9.17, 15) is 4.79 Å². The van der Waals surface area contributed by atoms with Crippen LogP contribution in [0.5, 0.6) is 5.75 Å². The van der Waals surface area contributed by atoms with Crippen LogP contribution >= 0.6 is 0 Å². The third-order valence-corrected chi connectivity index (χ3v) is 2.39. The zero-order chi connectivity index (χ0) is 12.1. The molecule has 3 N–H and O–H groups in total. The molecule has 0 aliphatic rings. The molecule has 0 radical (unpaired) electrons. The third-order valence-electron chi connectivity index (χ3n) is 2.39. The van der Waals surface area contributed by atoms with Gasteiger partial charge in [-0.15, -0.1) is 0 Å². The summed E-state index contributed by atoms with van der Waals surface area (Å²) < 4.78 is 5.13. The zero-order valence-corrected chi connectivity index (χ0v) is 9.86. The lowest BCUT2D eigenvalue weighted by atomic mass is 10.0. The summed E-state index contributed by atoms with van der Waals surface area (Å²) in [5, 5.41) is 2.75. The Hall–Kier alpha value is -1.55. The van der Waals surface area contributed by atoms with Crippen molar-refractivity contribution in [2.75, 3.05) is 12.4 Å². The normalized spacial score (nSPS) is 12.3. The van der Waals surface area contributed by atoms with E-state index in [1.165, 1.54) is 0 Å². The number of methoxy groups -OCH3 is 1. The summed E-state index contributed by atoms with van der Waals surface area (Å²) in [5.41, 5.74) is 6.39. The summed E-state index contributed by atoms with van der Waals surface area (Å²) in [6.07, 6.45) is 0. The highest BCUT2D eigenvalue weighted by atomic mass is 16.5. The van der Waals surface area contributed by atoms with Gasteiger partial charge in [0.25, 0.3) is 0 Å². The largest absolute Gasteiger partial charge is 0.495 e. The van der Waals surface area contributed by atoms with Crippen LogP contribution in [-0.2, 0) is 4.79 Å². The Kier molecular flexibility index (Phi) is 4.31. The summed E-state index contributed by atoms with van der Waals surface area (Å²) >= 11 is 0. The highest BCUT2D eigenvalue weighted by Crippen LogP contribution is 2.23. The molecule has 0 aliphatic carbocycles. The van der Waals surface area contributed by atoms with Crippen LogP contribution in [-0.4, -0.2) is 19.1 Å². The number of nitrogens with one attached hydrogen (secondary N) is 1. The monoisotopic (exact) mass is 222 g/mol. The number of rotatable bonds is 4. The first-order valence-corrected chi connectivity index (χ1v) is 5.25. The molecule has 88 valence electrons. The molecule has 16 heavy (non-hydrogen) atoms. The molecule has 1 atom stereocenters. The molecule has 0 aromatic heterocycles. The number of carbonyl (C=O) groups is 1. The number of anilines is 1. The minimum Gasteiger partial charge on any atom is -0.495 e. The number of nitrogens with two attached hydrogens (primary N) is 1. The average molecular weight is 222 g/mol. The van der Waals surface area contributed by atoms with E-state index in [0.29, 0.717) is 11.4 Å². The number of para-hydroxylation sites is 2. The maximum Gasteiger partial charge on any atom is 0.241 e. The van der Waals surface area contributed by atoms with Gasteiger partial charge >= 0.3 is 0 Å². The van der Waals surface area contributed by atoms with E-state index in [-0.39, 0.29) is 11.8 Å². The predicted octanol–water partition coefficient (Wildman–Crippen LogP) is 1.62. The fourth-order valence-corrected chi connectivity index (χ4v) is 1.27. The maximum absolute atomic E-state index is 11.7. The Morgan fingerprint density at radius 3 is 2.56 bits per heavy atom. The lowest BCUT2D eigenvalue weighted by Gasteiger charge is -2.16. The zero-order valence-electron chi connectivity index (χ0n) is 9.86. The lowest BCUT2D eigenvalue weighted by molar-refractivity contribution is -0.118. The smallest absolute Gasteiger partial charge is 0.241 e. The molecule has 1 rings (SSSR count). The quantitative estimate of drug-likeness (QED) is 0.813. The SMILES string of the molecule is COc1ccccc1NC(=O)[C@H](N)C(C)C. The van der Waals surface area contributed by atoms with Crippen LogP contribution in [0.1, 0.15) is 13.8 Å². The molecule has 0 saturated heterocycles. The summed E-state index contributed by atoms with van der Waals surface area (Å²) in [6, 6.07) is 6.74. The van der Waals surface area contributed by atoms with E-state index in [0.717, 1.165) is 0 Å². The fourth-order valence-electron chi connectivity index (χ4n) is 1.27. The first kappa shape index (κ1) is 12.5. The number of carbonyl (C=O) groups excluding carboxylic acids is 1. The number of ether oxygens (including phenoxy) is 1. The van der Waals surface area contributed by atoms with Crippen LogP contribution in [0.3, 0.4) is 0 Å². The molecule has 0 saturated carbocycles. The Morgan fingerprint density at radius 1 is 1.38 bits per heavy atom. The Balaban J connectivity index is 2.76. The molecule has 0 fully saturated rings. The highest BCUT2D eigenvalue weighted by Gasteiger charge is 2.18. The molecule has 1 amide bonds. The highest BCUT2D eigenvalue weighted by molar-refractivity contribution is 5.96. The number of amides is 1. The molecule has 1 aromatic carbocycles. The van der Waals surface area contributed by atoms with Gasteiger partial charge in [-0.25, -0.2) is 0 Å². The number of hydrogen-bond donors (Lipinski definition) is 2. The van der Waals surface area contributed by atoms with Crippen LogP contribution in [0.25, 0.3) is 0 Å². The van der Waals surface area contributed by atoms with Crippen molar-refractivity contribution in [2.45, 2.75) is 19.9 Å². The first-order chi connectivity index (χ1) is 7.56.